The van der Waals surface area contributed by atoms with Gasteiger partial charge in [0, 0.05) is 24.9 Å². The number of ether oxygens (including phenoxy) is 2. The number of halogens is 2. The molecule has 0 aliphatic carbocycles. The van der Waals surface area contributed by atoms with Gasteiger partial charge in [0.25, 0.3) is 0 Å². The van der Waals surface area contributed by atoms with Crippen LogP contribution < -0.4 is 21.1 Å². The predicted octanol–water partition coefficient (Wildman–Crippen LogP) is 5.41. The zero-order valence-corrected chi connectivity index (χ0v) is 24.4. The number of benzene rings is 3. The fraction of sp³-hybridized carbons (Fsp3) is 0.214. The molecular formula is C28H30Br2N6O2. The van der Waals surface area contributed by atoms with E-state index in [4.69, 9.17) is 21.1 Å². The van der Waals surface area contributed by atoms with E-state index in [1.807, 2.05) is 59.4 Å². The molecule has 8 nitrogen and oxygen atoms in total. The third kappa shape index (κ3) is 7.15. The van der Waals surface area contributed by atoms with Gasteiger partial charge in [0.05, 0.1) is 35.1 Å². The Bertz CT molecular complexity index is 1420. The molecule has 198 valence electrons. The van der Waals surface area contributed by atoms with Gasteiger partial charge in [-0.25, -0.2) is 5.84 Å². The van der Waals surface area contributed by atoms with E-state index < -0.39 is 0 Å². The summed E-state index contributed by atoms with van der Waals surface area (Å²) in [5, 5.41) is 10.3. The molecule has 38 heavy (non-hydrogen) atoms. The van der Waals surface area contributed by atoms with E-state index in [-0.39, 0.29) is 0 Å². The minimum absolute atomic E-state index is 0.572. The first-order chi connectivity index (χ1) is 18.4. The number of hydrogen-bond acceptors (Lipinski definition) is 7. The Hall–Kier alpha value is -3.34. The number of methoxy groups -OCH3 is 2. The average Bonchev–Trinajstić information content (AvgIpc) is 3.40. The van der Waals surface area contributed by atoms with Gasteiger partial charge in [0.1, 0.15) is 17.2 Å². The van der Waals surface area contributed by atoms with Crippen molar-refractivity contribution in [1.29, 1.82) is 0 Å². The van der Waals surface area contributed by atoms with Crippen LogP contribution >= 0.6 is 31.9 Å². The maximum absolute atomic E-state index is 6.39. The molecule has 0 spiro atoms. The standard InChI is InChI=1S/C28H30Br2N6O2/c1-37-27-8-6-19(14-23(27)29)10-12-35(32)17-25(31)21-4-3-5-22(16-21)26-18-36(34-33-26)13-11-20-7-9-28(38-2)24(30)15-20/h3-9,14-18H,10-13,31-32H2,1-2H3/b25-17-. The van der Waals surface area contributed by atoms with Crippen molar-refractivity contribution in [3.63, 3.8) is 0 Å². The first-order valence-corrected chi connectivity index (χ1v) is 13.6. The molecule has 1 heterocycles. The highest BCUT2D eigenvalue weighted by Gasteiger charge is 2.09. The summed E-state index contributed by atoms with van der Waals surface area (Å²) in [5.41, 5.74) is 11.9. The molecule has 0 saturated heterocycles. The zero-order chi connectivity index (χ0) is 27.1. The number of hydrogen-bond donors (Lipinski definition) is 2. The van der Waals surface area contributed by atoms with Crippen molar-refractivity contribution in [2.45, 2.75) is 19.4 Å². The minimum atomic E-state index is 0.572. The van der Waals surface area contributed by atoms with Gasteiger partial charge in [-0.3, -0.25) is 4.68 Å². The van der Waals surface area contributed by atoms with Crippen molar-refractivity contribution >= 4 is 37.6 Å². The number of nitrogens with zero attached hydrogens (tertiary/aromatic N) is 4. The molecule has 4 aromatic rings. The summed E-state index contributed by atoms with van der Waals surface area (Å²) in [4.78, 5) is 0. The highest BCUT2D eigenvalue weighted by atomic mass is 79.9. The molecule has 3 aromatic carbocycles. The lowest BCUT2D eigenvalue weighted by Gasteiger charge is -2.16. The maximum Gasteiger partial charge on any atom is 0.133 e. The Kier molecular flexibility index (Phi) is 9.43. The Labute approximate surface area is 239 Å². The zero-order valence-electron chi connectivity index (χ0n) is 21.3. The summed E-state index contributed by atoms with van der Waals surface area (Å²) in [6.45, 7) is 1.32. The van der Waals surface area contributed by atoms with Crippen LogP contribution in [0.1, 0.15) is 16.7 Å². The van der Waals surface area contributed by atoms with Crippen LogP contribution in [0.25, 0.3) is 17.0 Å². The maximum atomic E-state index is 6.39. The van der Waals surface area contributed by atoms with Crippen LogP contribution in [0.5, 0.6) is 11.5 Å². The number of rotatable bonds is 11. The highest BCUT2D eigenvalue weighted by Crippen LogP contribution is 2.27. The van der Waals surface area contributed by atoms with E-state index >= 15 is 0 Å². The third-order valence-electron chi connectivity index (χ3n) is 6.06. The van der Waals surface area contributed by atoms with Crippen molar-refractivity contribution in [3.05, 3.63) is 98.7 Å². The van der Waals surface area contributed by atoms with E-state index in [1.165, 1.54) is 5.56 Å². The molecule has 4 rings (SSSR count). The van der Waals surface area contributed by atoms with Crippen molar-refractivity contribution in [2.75, 3.05) is 20.8 Å². The molecule has 1 aromatic heterocycles. The molecule has 10 heteroatoms. The van der Waals surface area contributed by atoms with Crippen LogP contribution in [0.4, 0.5) is 0 Å². The topological polar surface area (TPSA) is 104 Å². The fourth-order valence-electron chi connectivity index (χ4n) is 3.95. The lowest BCUT2D eigenvalue weighted by molar-refractivity contribution is 0.398. The second kappa shape index (κ2) is 12.9. The first kappa shape index (κ1) is 27.7. The van der Waals surface area contributed by atoms with Gasteiger partial charge in [0.2, 0.25) is 0 Å². The molecule has 0 saturated carbocycles. The molecule has 0 radical (unpaired) electrons. The Morgan fingerprint density at radius 1 is 0.947 bits per heavy atom. The molecule has 4 N–H and O–H groups in total. The van der Waals surface area contributed by atoms with Gasteiger partial charge in [0.15, 0.2) is 0 Å². The van der Waals surface area contributed by atoms with E-state index in [2.05, 4.69) is 54.3 Å². The van der Waals surface area contributed by atoms with Gasteiger partial charge in [-0.2, -0.15) is 0 Å². The molecule has 0 amide bonds. The van der Waals surface area contributed by atoms with E-state index in [0.717, 1.165) is 55.7 Å². The van der Waals surface area contributed by atoms with Gasteiger partial charge in [-0.05, 0) is 91.7 Å². The van der Waals surface area contributed by atoms with Crippen LogP contribution in [0.15, 0.2) is 82.0 Å². The summed E-state index contributed by atoms with van der Waals surface area (Å²) in [5.74, 6) is 7.83. The molecule has 0 atom stereocenters. The van der Waals surface area contributed by atoms with E-state index in [0.29, 0.717) is 18.8 Å². The van der Waals surface area contributed by atoms with Gasteiger partial charge >= 0.3 is 0 Å². The minimum Gasteiger partial charge on any atom is -0.496 e. The van der Waals surface area contributed by atoms with Crippen molar-refractivity contribution in [3.8, 4) is 22.8 Å². The second-order valence-corrected chi connectivity index (χ2v) is 10.4. The number of aromatic nitrogens is 3. The first-order valence-electron chi connectivity index (χ1n) is 12.0. The summed E-state index contributed by atoms with van der Waals surface area (Å²) < 4.78 is 14.3. The van der Waals surface area contributed by atoms with Crippen LogP contribution in [-0.4, -0.2) is 40.8 Å². The monoisotopic (exact) mass is 640 g/mol. The van der Waals surface area contributed by atoms with Gasteiger partial charge in [-0.1, -0.05) is 35.5 Å². The summed E-state index contributed by atoms with van der Waals surface area (Å²) in [6.07, 6.45) is 5.28. The molecule has 0 bridgehead atoms. The predicted molar refractivity (Wildman–Crippen MR) is 157 cm³/mol. The van der Waals surface area contributed by atoms with Crippen molar-refractivity contribution < 1.29 is 9.47 Å². The number of nitrogens with two attached hydrogens (primary N) is 2. The Morgan fingerprint density at radius 2 is 1.61 bits per heavy atom. The number of aryl methyl sites for hydroxylation is 2. The Morgan fingerprint density at radius 3 is 2.24 bits per heavy atom. The third-order valence-corrected chi connectivity index (χ3v) is 7.30. The average molecular weight is 642 g/mol. The van der Waals surface area contributed by atoms with E-state index in [1.54, 1.807) is 25.4 Å². The second-order valence-electron chi connectivity index (χ2n) is 8.71. The van der Waals surface area contributed by atoms with Crippen LogP contribution in [0.3, 0.4) is 0 Å². The SMILES string of the molecule is COc1ccc(CCN(N)/C=C(\N)c2cccc(-c3cn(CCc4ccc(OC)c(Br)c4)nn3)c2)cc1Br. The fourth-order valence-corrected chi connectivity index (χ4v) is 5.12. The van der Waals surface area contributed by atoms with Crippen LogP contribution in [-0.2, 0) is 19.4 Å². The molecule has 0 aliphatic rings. The molecule has 0 aliphatic heterocycles. The normalized spacial score (nSPS) is 11.4. The lowest BCUT2D eigenvalue weighted by Crippen LogP contribution is -2.28. The quantitative estimate of drug-likeness (QED) is 0.167. The molecule has 0 unspecified atom stereocenters. The Balaban J connectivity index is 1.37. The summed E-state index contributed by atoms with van der Waals surface area (Å²) >= 11 is 7.06. The number of hydrazine groups is 1. The van der Waals surface area contributed by atoms with Crippen molar-refractivity contribution in [1.82, 2.24) is 20.0 Å². The molecular weight excluding hydrogens is 612 g/mol. The van der Waals surface area contributed by atoms with Gasteiger partial charge in [-0.15, -0.1) is 5.10 Å². The van der Waals surface area contributed by atoms with Crippen LogP contribution in [0.2, 0.25) is 0 Å². The lowest BCUT2D eigenvalue weighted by atomic mass is 10.1. The largest absolute Gasteiger partial charge is 0.496 e. The van der Waals surface area contributed by atoms with E-state index in [9.17, 15) is 0 Å². The summed E-state index contributed by atoms with van der Waals surface area (Å²) in [7, 11) is 3.31. The molecule has 0 fully saturated rings. The smallest absolute Gasteiger partial charge is 0.133 e. The highest BCUT2D eigenvalue weighted by molar-refractivity contribution is 9.10. The van der Waals surface area contributed by atoms with Crippen LogP contribution in [0, 0.1) is 0 Å². The van der Waals surface area contributed by atoms with Crippen molar-refractivity contribution in [2.24, 2.45) is 11.6 Å². The summed E-state index contributed by atoms with van der Waals surface area (Å²) in [6, 6.07) is 20.0. The van der Waals surface area contributed by atoms with Gasteiger partial charge < -0.3 is 20.2 Å².